The summed E-state index contributed by atoms with van der Waals surface area (Å²) >= 11 is 5.97. The van der Waals surface area contributed by atoms with Crippen LogP contribution in [0.3, 0.4) is 0 Å². The summed E-state index contributed by atoms with van der Waals surface area (Å²) in [5, 5.41) is 14.7. The van der Waals surface area contributed by atoms with Gasteiger partial charge >= 0.3 is 6.03 Å². The van der Waals surface area contributed by atoms with Gasteiger partial charge in [-0.2, -0.15) is 5.26 Å². The first-order chi connectivity index (χ1) is 13.4. The van der Waals surface area contributed by atoms with Crippen LogP contribution in [0, 0.1) is 24.1 Å². The van der Waals surface area contributed by atoms with Gasteiger partial charge in [-0.15, -0.1) is 0 Å². The fraction of sp³-hybridized carbons (Fsp3) is 0.0476. The van der Waals surface area contributed by atoms with Gasteiger partial charge < -0.3 is 15.4 Å². The number of nitriles is 1. The minimum absolute atomic E-state index is 0.0511. The van der Waals surface area contributed by atoms with E-state index in [2.05, 4.69) is 10.6 Å². The molecule has 0 fully saturated rings. The predicted octanol–water partition coefficient (Wildman–Crippen LogP) is 6.10. The van der Waals surface area contributed by atoms with Gasteiger partial charge in [-0.25, -0.2) is 9.18 Å². The molecule has 2 amide bonds. The third-order valence-electron chi connectivity index (χ3n) is 3.82. The number of halogens is 2. The van der Waals surface area contributed by atoms with E-state index in [0.29, 0.717) is 27.7 Å². The number of carbonyl (C=O) groups is 1. The molecule has 0 unspecified atom stereocenters. The summed E-state index contributed by atoms with van der Waals surface area (Å²) in [5.41, 5.74) is 2.24. The summed E-state index contributed by atoms with van der Waals surface area (Å²) < 4.78 is 19.6. The molecule has 0 radical (unpaired) electrons. The molecule has 0 spiro atoms. The number of benzene rings is 3. The standard InChI is InChI=1S/C21H15ClFN3O2/c1-13-10-15(4-8-18(13)22)25-21(27)26-16-5-9-19(23)20(11-16)28-17-6-2-14(12-24)3-7-17/h2-11H,1H3,(H2,25,26,27). The highest BCUT2D eigenvalue weighted by Crippen LogP contribution is 2.28. The highest BCUT2D eigenvalue weighted by molar-refractivity contribution is 6.31. The summed E-state index contributed by atoms with van der Waals surface area (Å²) in [6.45, 7) is 1.83. The first kappa shape index (κ1) is 19.2. The zero-order valence-electron chi connectivity index (χ0n) is 14.8. The van der Waals surface area contributed by atoms with E-state index in [1.807, 2.05) is 13.0 Å². The molecule has 0 saturated carbocycles. The normalized spacial score (nSPS) is 10.1. The zero-order valence-corrected chi connectivity index (χ0v) is 15.5. The van der Waals surface area contributed by atoms with Gasteiger partial charge in [0.1, 0.15) is 5.75 Å². The van der Waals surface area contributed by atoms with Crippen molar-refractivity contribution in [1.29, 1.82) is 5.26 Å². The second kappa shape index (κ2) is 8.42. The molecule has 0 bridgehead atoms. The first-order valence-electron chi connectivity index (χ1n) is 8.26. The number of hydrogen-bond donors (Lipinski definition) is 2. The highest BCUT2D eigenvalue weighted by atomic mass is 35.5. The second-order valence-electron chi connectivity index (χ2n) is 5.93. The van der Waals surface area contributed by atoms with Crippen LogP contribution in [0.5, 0.6) is 11.5 Å². The van der Waals surface area contributed by atoms with E-state index >= 15 is 0 Å². The van der Waals surface area contributed by atoms with E-state index in [9.17, 15) is 9.18 Å². The molecule has 0 aliphatic heterocycles. The topological polar surface area (TPSA) is 74.2 Å². The summed E-state index contributed by atoms with van der Waals surface area (Å²) in [6, 6.07) is 16.9. The average Bonchev–Trinajstić information content (AvgIpc) is 2.68. The lowest BCUT2D eigenvalue weighted by Crippen LogP contribution is -2.19. The van der Waals surface area contributed by atoms with Crippen molar-refractivity contribution in [2.75, 3.05) is 10.6 Å². The minimum atomic E-state index is -0.580. The van der Waals surface area contributed by atoms with Gasteiger partial charge in [0.25, 0.3) is 0 Å². The Bertz CT molecular complexity index is 1060. The number of carbonyl (C=O) groups excluding carboxylic acids is 1. The molecule has 3 aromatic rings. The number of urea groups is 1. The van der Waals surface area contributed by atoms with Gasteiger partial charge in [-0.3, -0.25) is 0 Å². The van der Waals surface area contributed by atoms with Crippen molar-refractivity contribution < 1.29 is 13.9 Å². The molecule has 5 nitrogen and oxygen atoms in total. The van der Waals surface area contributed by atoms with Crippen molar-refractivity contribution >= 4 is 29.0 Å². The Kier molecular flexibility index (Phi) is 5.78. The van der Waals surface area contributed by atoms with Crippen molar-refractivity contribution in [1.82, 2.24) is 0 Å². The van der Waals surface area contributed by atoms with Gasteiger partial charge in [0, 0.05) is 22.5 Å². The number of rotatable bonds is 4. The van der Waals surface area contributed by atoms with E-state index < -0.39 is 11.8 Å². The van der Waals surface area contributed by atoms with Crippen LogP contribution in [0.2, 0.25) is 5.02 Å². The van der Waals surface area contributed by atoms with Crippen LogP contribution >= 0.6 is 11.6 Å². The van der Waals surface area contributed by atoms with E-state index in [1.165, 1.54) is 18.2 Å². The molecule has 140 valence electrons. The van der Waals surface area contributed by atoms with Crippen LogP contribution in [0.1, 0.15) is 11.1 Å². The summed E-state index contributed by atoms with van der Waals surface area (Å²) in [6.07, 6.45) is 0. The number of nitrogens with zero attached hydrogens (tertiary/aromatic N) is 1. The van der Waals surface area contributed by atoms with E-state index in [1.54, 1.807) is 42.5 Å². The Morgan fingerprint density at radius 3 is 2.32 bits per heavy atom. The Hall–Kier alpha value is -3.56. The maximum atomic E-state index is 14.0. The van der Waals surface area contributed by atoms with Gasteiger partial charge in [0.15, 0.2) is 11.6 Å². The van der Waals surface area contributed by atoms with Crippen LogP contribution in [0.25, 0.3) is 0 Å². The number of nitrogens with one attached hydrogen (secondary N) is 2. The molecule has 0 atom stereocenters. The fourth-order valence-corrected chi connectivity index (χ4v) is 2.52. The van der Waals surface area contributed by atoms with E-state index in [-0.39, 0.29) is 5.75 Å². The lowest BCUT2D eigenvalue weighted by Gasteiger charge is -2.11. The Morgan fingerprint density at radius 1 is 1.04 bits per heavy atom. The minimum Gasteiger partial charge on any atom is -0.454 e. The van der Waals surface area contributed by atoms with E-state index in [4.69, 9.17) is 21.6 Å². The summed E-state index contributed by atoms with van der Waals surface area (Å²) in [7, 11) is 0. The lowest BCUT2D eigenvalue weighted by atomic mass is 10.2. The maximum absolute atomic E-state index is 14.0. The zero-order chi connectivity index (χ0) is 20.1. The molecular formula is C21H15ClFN3O2. The second-order valence-corrected chi connectivity index (χ2v) is 6.33. The predicted molar refractivity (Wildman–Crippen MR) is 106 cm³/mol. The molecule has 0 heterocycles. The molecule has 0 aromatic heterocycles. The molecule has 3 rings (SSSR count). The molecule has 3 aromatic carbocycles. The van der Waals surface area contributed by atoms with Crippen molar-refractivity contribution in [3.05, 3.63) is 82.6 Å². The summed E-state index contributed by atoms with van der Waals surface area (Å²) in [5.74, 6) is -0.260. The van der Waals surface area contributed by atoms with Crippen LogP contribution in [0.4, 0.5) is 20.6 Å². The number of hydrogen-bond acceptors (Lipinski definition) is 3. The van der Waals surface area contributed by atoms with Crippen LogP contribution in [0.15, 0.2) is 60.7 Å². The Morgan fingerprint density at radius 2 is 1.68 bits per heavy atom. The third kappa shape index (κ3) is 4.78. The van der Waals surface area contributed by atoms with Crippen LogP contribution in [-0.2, 0) is 0 Å². The highest BCUT2D eigenvalue weighted by Gasteiger charge is 2.09. The lowest BCUT2D eigenvalue weighted by molar-refractivity contribution is 0.262. The van der Waals surface area contributed by atoms with Crippen LogP contribution in [-0.4, -0.2) is 6.03 Å². The number of amides is 2. The summed E-state index contributed by atoms with van der Waals surface area (Å²) in [4.78, 5) is 12.2. The number of ether oxygens (including phenoxy) is 1. The monoisotopic (exact) mass is 395 g/mol. The van der Waals surface area contributed by atoms with E-state index in [0.717, 1.165) is 5.56 Å². The maximum Gasteiger partial charge on any atom is 0.323 e. The largest absolute Gasteiger partial charge is 0.454 e. The molecule has 0 aliphatic rings. The molecule has 7 heteroatoms. The smallest absolute Gasteiger partial charge is 0.323 e. The molecule has 0 saturated heterocycles. The SMILES string of the molecule is Cc1cc(NC(=O)Nc2ccc(F)c(Oc3ccc(C#N)cc3)c2)ccc1Cl. The van der Waals surface area contributed by atoms with Crippen molar-refractivity contribution in [2.45, 2.75) is 6.92 Å². The van der Waals surface area contributed by atoms with Gasteiger partial charge in [-0.05, 0) is 67.1 Å². The quantitative estimate of drug-likeness (QED) is 0.560. The van der Waals surface area contributed by atoms with Gasteiger partial charge in [0.05, 0.1) is 11.6 Å². The Balaban J connectivity index is 1.70. The fourth-order valence-electron chi connectivity index (χ4n) is 2.40. The third-order valence-corrected chi connectivity index (χ3v) is 4.24. The van der Waals surface area contributed by atoms with Crippen molar-refractivity contribution in [2.24, 2.45) is 0 Å². The van der Waals surface area contributed by atoms with Crippen LogP contribution < -0.4 is 15.4 Å². The number of anilines is 2. The Labute approximate surface area is 166 Å². The molecule has 2 N–H and O–H groups in total. The van der Waals surface area contributed by atoms with Gasteiger partial charge in [0.2, 0.25) is 0 Å². The molecule has 28 heavy (non-hydrogen) atoms. The molecule has 0 aliphatic carbocycles. The molecular weight excluding hydrogens is 381 g/mol. The first-order valence-corrected chi connectivity index (χ1v) is 8.64. The number of aryl methyl sites for hydroxylation is 1. The average molecular weight is 396 g/mol. The van der Waals surface area contributed by atoms with Gasteiger partial charge in [-0.1, -0.05) is 11.6 Å². The van der Waals surface area contributed by atoms with Crippen molar-refractivity contribution in [3.8, 4) is 17.6 Å². The van der Waals surface area contributed by atoms with Crippen molar-refractivity contribution in [3.63, 3.8) is 0 Å².